The SMILES string of the molecule is Cn1nc(C(F)(F)F)n(-c2cc(Cl)c([N+](=O)[O-])cc2Cl)c1=O. The highest BCUT2D eigenvalue weighted by atomic mass is 35.5. The molecule has 0 bridgehead atoms. The first kappa shape index (κ1) is 16.3. The van der Waals surface area contributed by atoms with Gasteiger partial charge in [0.05, 0.1) is 15.6 Å². The molecule has 2 rings (SSSR count). The summed E-state index contributed by atoms with van der Waals surface area (Å²) >= 11 is 11.4. The summed E-state index contributed by atoms with van der Waals surface area (Å²) in [5.74, 6) is -1.52. The summed E-state index contributed by atoms with van der Waals surface area (Å²) in [7, 11) is 1.02. The number of nitro benzene ring substituents is 1. The van der Waals surface area contributed by atoms with E-state index >= 15 is 0 Å². The number of hydrogen-bond donors (Lipinski definition) is 0. The van der Waals surface area contributed by atoms with Gasteiger partial charge in [-0.05, 0) is 6.07 Å². The van der Waals surface area contributed by atoms with Crippen LogP contribution in [0.5, 0.6) is 0 Å². The van der Waals surface area contributed by atoms with Crippen molar-refractivity contribution >= 4 is 28.9 Å². The van der Waals surface area contributed by atoms with Gasteiger partial charge in [-0.2, -0.15) is 13.2 Å². The van der Waals surface area contributed by atoms with Crippen LogP contribution in [0.4, 0.5) is 18.9 Å². The Kier molecular flexibility index (Phi) is 3.92. The van der Waals surface area contributed by atoms with Crippen LogP contribution in [-0.4, -0.2) is 19.3 Å². The number of aromatic nitrogens is 3. The third-order valence-electron chi connectivity index (χ3n) is 2.63. The Morgan fingerprint density at radius 2 is 1.86 bits per heavy atom. The van der Waals surface area contributed by atoms with E-state index in [1.54, 1.807) is 0 Å². The summed E-state index contributed by atoms with van der Waals surface area (Å²) in [5.41, 5.74) is -2.18. The second kappa shape index (κ2) is 5.29. The van der Waals surface area contributed by atoms with Crippen molar-refractivity contribution in [1.82, 2.24) is 14.3 Å². The van der Waals surface area contributed by atoms with Crippen molar-refractivity contribution in [2.24, 2.45) is 7.05 Å². The number of nitro groups is 1. The monoisotopic (exact) mass is 356 g/mol. The van der Waals surface area contributed by atoms with Crippen molar-refractivity contribution in [3.63, 3.8) is 0 Å². The van der Waals surface area contributed by atoms with Gasteiger partial charge >= 0.3 is 11.9 Å². The summed E-state index contributed by atoms with van der Waals surface area (Å²) in [6.07, 6.45) is -4.93. The Balaban J connectivity index is 2.81. The fraction of sp³-hybridized carbons (Fsp3) is 0.200. The van der Waals surface area contributed by atoms with Gasteiger partial charge in [-0.3, -0.25) is 10.1 Å². The summed E-state index contributed by atoms with van der Waals surface area (Å²) in [4.78, 5) is 21.7. The summed E-state index contributed by atoms with van der Waals surface area (Å²) < 4.78 is 39.5. The summed E-state index contributed by atoms with van der Waals surface area (Å²) in [6, 6.07) is 1.57. The molecule has 2 aromatic rings. The highest BCUT2D eigenvalue weighted by molar-refractivity contribution is 6.36. The van der Waals surface area contributed by atoms with E-state index in [1.165, 1.54) is 0 Å². The molecule has 0 N–H and O–H groups in total. The number of nitrogens with zero attached hydrogens (tertiary/aromatic N) is 4. The molecule has 0 saturated carbocycles. The summed E-state index contributed by atoms with van der Waals surface area (Å²) in [6.45, 7) is 0. The number of halogens is 5. The Hall–Kier alpha value is -2.07. The van der Waals surface area contributed by atoms with Crippen molar-refractivity contribution < 1.29 is 18.1 Å². The second-order valence-electron chi connectivity index (χ2n) is 4.08. The molecule has 118 valence electrons. The number of hydrogen-bond acceptors (Lipinski definition) is 4. The molecule has 1 aromatic heterocycles. The van der Waals surface area contributed by atoms with Crippen LogP contribution in [0.25, 0.3) is 5.69 Å². The Bertz CT molecular complexity index is 828. The molecule has 0 aliphatic heterocycles. The quantitative estimate of drug-likeness (QED) is 0.611. The van der Waals surface area contributed by atoms with Crippen LogP contribution in [0.15, 0.2) is 16.9 Å². The zero-order valence-corrected chi connectivity index (χ0v) is 12.1. The fourth-order valence-electron chi connectivity index (χ4n) is 1.70. The van der Waals surface area contributed by atoms with E-state index in [0.717, 1.165) is 19.2 Å². The van der Waals surface area contributed by atoms with E-state index < -0.39 is 44.0 Å². The van der Waals surface area contributed by atoms with Gasteiger partial charge in [0.15, 0.2) is 0 Å². The lowest BCUT2D eigenvalue weighted by Gasteiger charge is -2.10. The van der Waals surface area contributed by atoms with E-state index in [4.69, 9.17) is 23.2 Å². The van der Waals surface area contributed by atoms with Crippen LogP contribution >= 0.6 is 23.2 Å². The van der Waals surface area contributed by atoms with Gasteiger partial charge in [0, 0.05) is 13.1 Å². The van der Waals surface area contributed by atoms with Crippen LogP contribution in [0.3, 0.4) is 0 Å². The van der Waals surface area contributed by atoms with Crippen LogP contribution in [-0.2, 0) is 13.2 Å². The molecule has 0 aliphatic rings. The lowest BCUT2D eigenvalue weighted by molar-refractivity contribution is -0.384. The molecule has 0 radical (unpaired) electrons. The molecule has 0 fully saturated rings. The second-order valence-corrected chi connectivity index (χ2v) is 4.89. The molecule has 0 atom stereocenters. The van der Waals surface area contributed by atoms with E-state index in [0.29, 0.717) is 4.68 Å². The van der Waals surface area contributed by atoms with Crippen molar-refractivity contribution in [3.05, 3.63) is 48.6 Å². The number of rotatable bonds is 2. The van der Waals surface area contributed by atoms with Gasteiger partial charge < -0.3 is 0 Å². The molecule has 12 heteroatoms. The molecule has 0 spiro atoms. The molecule has 0 aliphatic carbocycles. The molecular formula is C10H5Cl2F3N4O3. The van der Waals surface area contributed by atoms with Gasteiger partial charge in [0.25, 0.3) is 5.69 Å². The maximum atomic E-state index is 12.9. The van der Waals surface area contributed by atoms with Crippen LogP contribution < -0.4 is 5.69 Å². The highest BCUT2D eigenvalue weighted by Gasteiger charge is 2.39. The molecule has 1 aromatic carbocycles. The predicted octanol–water partition coefficient (Wildman–Crippen LogP) is 2.80. The summed E-state index contributed by atoms with van der Waals surface area (Å²) in [5, 5.41) is 12.9. The van der Waals surface area contributed by atoms with Crippen LogP contribution in [0, 0.1) is 10.1 Å². The third kappa shape index (κ3) is 2.66. The van der Waals surface area contributed by atoms with Gasteiger partial charge in [-0.1, -0.05) is 23.2 Å². The average Bonchev–Trinajstić information content (AvgIpc) is 2.68. The molecule has 0 saturated heterocycles. The minimum atomic E-state index is -4.93. The molecule has 0 amide bonds. The number of benzene rings is 1. The van der Waals surface area contributed by atoms with Crippen LogP contribution in [0.2, 0.25) is 10.0 Å². The largest absolute Gasteiger partial charge is 0.452 e. The first-order chi connectivity index (χ1) is 10.0. The predicted molar refractivity (Wildman–Crippen MR) is 70.5 cm³/mol. The maximum Gasteiger partial charge on any atom is 0.452 e. The first-order valence-electron chi connectivity index (χ1n) is 5.41. The Morgan fingerprint density at radius 3 is 2.36 bits per heavy atom. The number of aryl methyl sites for hydroxylation is 1. The van der Waals surface area contributed by atoms with Gasteiger partial charge in [0.1, 0.15) is 5.02 Å². The lowest BCUT2D eigenvalue weighted by atomic mass is 10.2. The van der Waals surface area contributed by atoms with E-state index in [9.17, 15) is 28.1 Å². The zero-order chi connectivity index (χ0) is 16.8. The molecular weight excluding hydrogens is 352 g/mol. The van der Waals surface area contributed by atoms with Gasteiger partial charge in [-0.15, -0.1) is 5.10 Å². The van der Waals surface area contributed by atoms with Gasteiger partial charge in [0.2, 0.25) is 5.82 Å². The van der Waals surface area contributed by atoms with Crippen LogP contribution in [0.1, 0.15) is 5.82 Å². The third-order valence-corrected chi connectivity index (χ3v) is 3.24. The maximum absolute atomic E-state index is 12.9. The zero-order valence-electron chi connectivity index (χ0n) is 10.6. The molecule has 22 heavy (non-hydrogen) atoms. The average molecular weight is 357 g/mol. The minimum absolute atomic E-state index is 0.192. The molecule has 0 unspecified atom stereocenters. The van der Waals surface area contributed by atoms with Crippen molar-refractivity contribution in [3.8, 4) is 5.69 Å². The standard InChI is InChI=1S/C10H5Cl2F3N4O3/c1-17-9(20)18(8(16-17)10(13,14)15)6-2-5(12)7(19(21)22)3-4(6)11/h2-3H,1H3. The van der Waals surface area contributed by atoms with Crippen molar-refractivity contribution in [2.75, 3.05) is 0 Å². The molecule has 7 nitrogen and oxygen atoms in total. The van der Waals surface area contributed by atoms with E-state index in [2.05, 4.69) is 5.10 Å². The van der Waals surface area contributed by atoms with Gasteiger partial charge in [-0.25, -0.2) is 14.0 Å². The lowest BCUT2D eigenvalue weighted by Crippen LogP contribution is -2.24. The Labute approximate surface area is 129 Å². The topological polar surface area (TPSA) is 83.0 Å². The molecule has 1 heterocycles. The number of alkyl halides is 3. The first-order valence-corrected chi connectivity index (χ1v) is 6.16. The van der Waals surface area contributed by atoms with Crippen molar-refractivity contribution in [2.45, 2.75) is 6.18 Å². The fourth-order valence-corrected chi connectivity index (χ4v) is 2.17. The minimum Gasteiger partial charge on any atom is -0.258 e. The van der Waals surface area contributed by atoms with Crippen molar-refractivity contribution in [1.29, 1.82) is 0 Å². The highest BCUT2D eigenvalue weighted by Crippen LogP contribution is 2.35. The smallest absolute Gasteiger partial charge is 0.258 e. The van der Waals surface area contributed by atoms with E-state index in [1.807, 2.05) is 0 Å². The van der Waals surface area contributed by atoms with E-state index in [-0.39, 0.29) is 4.57 Å². The normalized spacial score (nSPS) is 11.7. The Morgan fingerprint density at radius 1 is 1.27 bits per heavy atom.